The van der Waals surface area contributed by atoms with Gasteiger partial charge < -0.3 is 4.90 Å². The lowest BCUT2D eigenvalue weighted by Gasteiger charge is -2.13. The molecule has 0 N–H and O–H groups in total. The van der Waals surface area contributed by atoms with Crippen LogP contribution in [0.25, 0.3) is 0 Å². The highest BCUT2D eigenvalue weighted by atomic mass is 16.2. The Balaban J connectivity index is 1.99. The fourth-order valence-corrected chi connectivity index (χ4v) is 2.27. The number of amides is 1. The van der Waals surface area contributed by atoms with Gasteiger partial charge in [0.15, 0.2) is 5.78 Å². The average molecular weight is 239 g/mol. The van der Waals surface area contributed by atoms with Crippen molar-refractivity contribution in [3.05, 3.63) is 0 Å². The largest absolute Gasteiger partial charge is 0.335 e. The number of carbonyl (C=O) groups excluding carboxylic acids is 2. The molecular weight excluding hydrogens is 214 g/mol. The number of unbranched alkanes of at least 4 members (excludes halogenated alkanes) is 5. The van der Waals surface area contributed by atoms with Crippen molar-refractivity contribution in [3.8, 4) is 0 Å². The van der Waals surface area contributed by atoms with E-state index in [9.17, 15) is 9.59 Å². The van der Waals surface area contributed by atoms with E-state index < -0.39 is 0 Å². The van der Waals surface area contributed by atoms with Gasteiger partial charge >= 0.3 is 0 Å². The van der Waals surface area contributed by atoms with Crippen LogP contribution in [0.2, 0.25) is 0 Å². The molecule has 0 spiro atoms. The monoisotopic (exact) mass is 239 g/mol. The van der Waals surface area contributed by atoms with Gasteiger partial charge in [0.1, 0.15) is 0 Å². The third-order valence-electron chi connectivity index (χ3n) is 3.35. The van der Waals surface area contributed by atoms with E-state index in [1.807, 2.05) is 0 Å². The standard InChI is InChI=1S/C14H25NO2/c1-2-3-4-5-6-7-9-13(16)12-15-11-8-10-14(15)17/h2-12H2,1H3. The lowest BCUT2D eigenvalue weighted by molar-refractivity contribution is -0.132. The molecular formula is C14H25NO2. The molecule has 0 aromatic carbocycles. The molecule has 3 heteroatoms. The fourth-order valence-electron chi connectivity index (χ4n) is 2.27. The van der Waals surface area contributed by atoms with Crippen molar-refractivity contribution in [1.82, 2.24) is 4.90 Å². The zero-order valence-electron chi connectivity index (χ0n) is 11.0. The van der Waals surface area contributed by atoms with Crippen LogP contribution < -0.4 is 0 Å². The molecule has 3 nitrogen and oxygen atoms in total. The molecule has 1 aliphatic rings. The van der Waals surface area contributed by atoms with Crippen molar-refractivity contribution >= 4 is 11.7 Å². The molecule has 0 saturated carbocycles. The number of hydrogen-bond donors (Lipinski definition) is 0. The van der Waals surface area contributed by atoms with Gasteiger partial charge in [0.25, 0.3) is 0 Å². The van der Waals surface area contributed by atoms with Gasteiger partial charge in [-0.2, -0.15) is 0 Å². The highest BCUT2D eigenvalue weighted by molar-refractivity contribution is 5.86. The summed E-state index contributed by atoms with van der Waals surface area (Å²) in [5, 5.41) is 0. The first-order chi connectivity index (χ1) is 8.24. The molecule has 0 atom stereocenters. The molecule has 0 bridgehead atoms. The second-order valence-corrected chi connectivity index (χ2v) is 4.98. The molecule has 1 heterocycles. The average Bonchev–Trinajstić information content (AvgIpc) is 2.69. The Labute approximate surface area is 105 Å². The summed E-state index contributed by atoms with van der Waals surface area (Å²) in [5.74, 6) is 0.386. The highest BCUT2D eigenvalue weighted by Crippen LogP contribution is 2.11. The maximum absolute atomic E-state index is 11.6. The van der Waals surface area contributed by atoms with Crippen LogP contribution in [0.3, 0.4) is 0 Å². The minimum atomic E-state index is 0.154. The first-order valence-corrected chi connectivity index (χ1v) is 7.03. The normalized spacial score (nSPS) is 15.6. The molecule has 0 aliphatic carbocycles. The Bertz CT molecular complexity index is 251. The van der Waals surface area contributed by atoms with E-state index in [0.717, 1.165) is 25.8 Å². The molecule has 0 aromatic heterocycles. The third-order valence-corrected chi connectivity index (χ3v) is 3.35. The summed E-state index contributed by atoms with van der Waals surface area (Å²) < 4.78 is 0. The van der Waals surface area contributed by atoms with Crippen molar-refractivity contribution in [2.75, 3.05) is 13.1 Å². The molecule has 0 radical (unpaired) electrons. The number of ketones is 1. The molecule has 98 valence electrons. The molecule has 1 fully saturated rings. The lowest BCUT2D eigenvalue weighted by Crippen LogP contribution is -2.30. The Kier molecular flexibility index (Phi) is 6.90. The number of likely N-dealkylation sites (tertiary alicyclic amines) is 1. The first-order valence-electron chi connectivity index (χ1n) is 7.03. The van der Waals surface area contributed by atoms with Crippen molar-refractivity contribution in [2.24, 2.45) is 0 Å². The Morgan fingerprint density at radius 3 is 2.53 bits per heavy atom. The van der Waals surface area contributed by atoms with Crippen LogP contribution in [0.1, 0.15) is 64.7 Å². The highest BCUT2D eigenvalue weighted by Gasteiger charge is 2.21. The molecule has 0 aromatic rings. The minimum absolute atomic E-state index is 0.154. The van der Waals surface area contributed by atoms with Crippen LogP contribution >= 0.6 is 0 Å². The summed E-state index contributed by atoms with van der Waals surface area (Å²) in [5.41, 5.74) is 0. The Morgan fingerprint density at radius 1 is 1.18 bits per heavy atom. The fraction of sp³-hybridized carbons (Fsp3) is 0.857. The van der Waals surface area contributed by atoms with Gasteiger partial charge in [-0.15, -0.1) is 0 Å². The summed E-state index contributed by atoms with van der Waals surface area (Å²) in [6, 6.07) is 0. The molecule has 0 unspecified atom stereocenters. The van der Waals surface area contributed by atoms with Crippen molar-refractivity contribution in [2.45, 2.75) is 64.7 Å². The summed E-state index contributed by atoms with van der Waals surface area (Å²) >= 11 is 0. The number of carbonyl (C=O) groups is 2. The van der Waals surface area contributed by atoms with Gasteiger partial charge in [-0.3, -0.25) is 9.59 Å². The van der Waals surface area contributed by atoms with E-state index >= 15 is 0 Å². The van der Waals surface area contributed by atoms with E-state index in [-0.39, 0.29) is 11.7 Å². The summed E-state index contributed by atoms with van der Waals surface area (Å²) in [4.78, 5) is 24.7. The molecule has 1 saturated heterocycles. The lowest BCUT2D eigenvalue weighted by atomic mass is 10.1. The predicted octanol–water partition coefficient (Wildman–Crippen LogP) is 2.93. The van der Waals surface area contributed by atoms with Crippen LogP contribution in [-0.4, -0.2) is 29.7 Å². The van der Waals surface area contributed by atoms with E-state index in [2.05, 4.69) is 6.92 Å². The van der Waals surface area contributed by atoms with Crippen molar-refractivity contribution < 1.29 is 9.59 Å². The number of Topliss-reactive ketones (excluding diaryl/α,β-unsaturated/α-hetero) is 1. The van der Waals surface area contributed by atoms with Crippen LogP contribution in [0.4, 0.5) is 0 Å². The van der Waals surface area contributed by atoms with Crippen LogP contribution in [0.15, 0.2) is 0 Å². The van der Waals surface area contributed by atoms with Gasteiger partial charge in [0.2, 0.25) is 5.91 Å². The summed E-state index contributed by atoms with van der Waals surface area (Å²) in [7, 11) is 0. The quantitative estimate of drug-likeness (QED) is 0.580. The Hall–Kier alpha value is -0.860. The predicted molar refractivity (Wildman–Crippen MR) is 68.8 cm³/mol. The van der Waals surface area contributed by atoms with Crippen LogP contribution in [-0.2, 0) is 9.59 Å². The maximum atomic E-state index is 11.6. The van der Waals surface area contributed by atoms with Gasteiger partial charge in [-0.1, -0.05) is 39.0 Å². The zero-order chi connectivity index (χ0) is 12.5. The van der Waals surface area contributed by atoms with Gasteiger partial charge in [0, 0.05) is 19.4 Å². The Morgan fingerprint density at radius 2 is 1.88 bits per heavy atom. The van der Waals surface area contributed by atoms with Gasteiger partial charge in [-0.05, 0) is 12.8 Å². The van der Waals surface area contributed by atoms with Gasteiger partial charge in [0.05, 0.1) is 6.54 Å². The van der Waals surface area contributed by atoms with E-state index in [1.54, 1.807) is 4.90 Å². The van der Waals surface area contributed by atoms with E-state index in [1.165, 1.54) is 25.7 Å². The SMILES string of the molecule is CCCCCCCCC(=O)CN1CCCC1=O. The smallest absolute Gasteiger partial charge is 0.223 e. The topological polar surface area (TPSA) is 37.4 Å². The minimum Gasteiger partial charge on any atom is -0.335 e. The second kappa shape index (κ2) is 8.26. The zero-order valence-corrected chi connectivity index (χ0v) is 11.0. The summed E-state index contributed by atoms with van der Waals surface area (Å²) in [6.07, 6.45) is 9.43. The second-order valence-electron chi connectivity index (χ2n) is 4.98. The van der Waals surface area contributed by atoms with E-state index in [4.69, 9.17) is 0 Å². The van der Waals surface area contributed by atoms with Crippen LogP contribution in [0.5, 0.6) is 0 Å². The van der Waals surface area contributed by atoms with Crippen molar-refractivity contribution in [3.63, 3.8) is 0 Å². The molecule has 1 amide bonds. The van der Waals surface area contributed by atoms with Crippen molar-refractivity contribution in [1.29, 1.82) is 0 Å². The molecule has 1 aliphatic heterocycles. The van der Waals surface area contributed by atoms with Gasteiger partial charge in [-0.25, -0.2) is 0 Å². The number of rotatable bonds is 9. The number of hydrogen-bond acceptors (Lipinski definition) is 2. The summed E-state index contributed by atoms with van der Waals surface area (Å²) in [6.45, 7) is 3.34. The third kappa shape index (κ3) is 5.85. The first kappa shape index (κ1) is 14.2. The van der Waals surface area contributed by atoms with Crippen LogP contribution in [0, 0.1) is 0 Å². The maximum Gasteiger partial charge on any atom is 0.223 e. The molecule has 1 rings (SSSR count). The van der Waals surface area contributed by atoms with E-state index in [0.29, 0.717) is 19.4 Å². The number of nitrogens with zero attached hydrogens (tertiary/aromatic N) is 1. The molecule has 17 heavy (non-hydrogen) atoms.